The minimum atomic E-state index is -1.16. The van der Waals surface area contributed by atoms with E-state index in [9.17, 15) is 24.3 Å². The molecular weight excluding hydrogens is 859 g/mol. The second-order valence-electron chi connectivity index (χ2n) is 16.9. The molecule has 4 aromatic carbocycles. The number of anilines is 2. The lowest BCUT2D eigenvalue weighted by Crippen LogP contribution is -2.35. The van der Waals surface area contributed by atoms with Crippen molar-refractivity contribution in [2.45, 2.75) is 102 Å². The van der Waals surface area contributed by atoms with E-state index < -0.39 is 24.0 Å². The van der Waals surface area contributed by atoms with Crippen LogP contribution in [0.3, 0.4) is 0 Å². The predicted octanol–water partition coefficient (Wildman–Crippen LogP) is 10.2. The molecule has 64 heavy (non-hydrogen) atoms. The Labute approximate surface area is 387 Å². The summed E-state index contributed by atoms with van der Waals surface area (Å²) in [6.45, 7) is -0.0880. The first-order valence-corrected chi connectivity index (χ1v) is 24.5. The largest absolute Gasteiger partial charge is 0.481 e. The number of carboxylic acids is 2. The number of thiazole rings is 1. The molecule has 3 heterocycles. The number of nitrogens with zero attached hydrogens (tertiary/aromatic N) is 3. The number of amides is 1. The Bertz CT molecular complexity index is 2690. The Balaban J connectivity index is 0.996. The normalized spacial score (nSPS) is 17.8. The van der Waals surface area contributed by atoms with Crippen molar-refractivity contribution in [3.8, 4) is 0 Å². The minimum Gasteiger partial charge on any atom is -0.481 e. The molecule has 1 aromatic heterocycles. The van der Waals surface area contributed by atoms with Gasteiger partial charge in [-0.3, -0.25) is 28.6 Å². The van der Waals surface area contributed by atoms with Crippen LogP contribution in [-0.4, -0.2) is 54.4 Å². The van der Waals surface area contributed by atoms with Gasteiger partial charge >= 0.3 is 11.9 Å². The summed E-state index contributed by atoms with van der Waals surface area (Å²) in [6, 6.07) is 36.5. The number of thioether (sulfide) groups is 1. The number of benzene rings is 4. The third-order valence-corrected chi connectivity index (χ3v) is 15.2. The molecule has 330 valence electrons. The average Bonchev–Trinajstić information content (AvgIpc) is 4.04. The quantitative estimate of drug-likeness (QED) is 0.0474. The van der Waals surface area contributed by atoms with Gasteiger partial charge in [-0.1, -0.05) is 154 Å². The molecule has 0 unspecified atom stereocenters. The molecule has 0 bridgehead atoms. The Morgan fingerprint density at radius 2 is 1.36 bits per heavy atom. The zero-order valence-corrected chi connectivity index (χ0v) is 38.3. The molecule has 1 amide bonds. The first-order valence-electron chi connectivity index (χ1n) is 22.4. The van der Waals surface area contributed by atoms with Gasteiger partial charge in [0.15, 0.2) is 0 Å². The van der Waals surface area contributed by atoms with Crippen molar-refractivity contribution in [2.24, 2.45) is 0 Å². The van der Waals surface area contributed by atoms with Crippen LogP contribution in [0.1, 0.15) is 117 Å². The maximum Gasteiger partial charge on any atom is 0.323 e. The van der Waals surface area contributed by atoms with Gasteiger partial charge in [0.1, 0.15) is 20.4 Å². The highest BCUT2D eigenvalue weighted by molar-refractivity contribution is 8.30. The fourth-order valence-corrected chi connectivity index (χ4v) is 12.0. The van der Waals surface area contributed by atoms with E-state index in [1.807, 2.05) is 24.3 Å². The second-order valence-corrected chi connectivity index (χ2v) is 19.5. The summed E-state index contributed by atoms with van der Waals surface area (Å²) in [7, 11) is 0. The van der Waals surface area contributed by atoms with Crippen molar-refractivity contribution < 1.29 is 24.6 Å². The van der Waals surface area contributed by atoms with Crippen LogP contribution in [0.4, 0.5) is 11.4 Å². The minimum absolute atomic E-state index is 0.233. The summed E-state index contributed by atoms with van der Waals surface area (Å²) in [5.41, 5.74) is 8.60. The number of rotatable bonds is 19. The molecule has 2 N–H and O–H groups in total. The molecule has 12 heteroatoms. The number of aromatic nitrogens is 1. The summed E-state index contributed by atoms with van der Waals surface area (Å²) < 4.78 is 2.31. The van der Waals surface area contributed by atoms with Crippen molar-refractivity contribution in [3.63, 3.8) is 0 Å². The highest BCUT2D eigenvalue weighted by atomic mass is 32.2. The Morgan fingerprint density at radius 1 is 0.734 bits per heavy atom. The monoisotopic (exact) mass is 911 g/mol. The van der Waals surface area contributed by atoms with Gasteiger partial charge in [-0.15, -0.1) is 11.3 Å². The van der Waals surface area contributed by atoms with Crippen molar-refractivity contribution >= 4 is 91.5 Å². The molecule has 1 saturated heterocycles. The van der Waals surface area contributed by atoms with Gasteiger partial charge in [-0.2, -0.15) is 0 Å². The molecule has 2 fully saturated rings. The van der Waals surface area contributed by atoms with E-state index in [1.165, 1.54) is 21.4 Å². The number of aliphatic carboxylic acids is 2. The molecule has 5 aromatic rings. The van der Waals surface area contributed by atoms with Crippen molar-refractivity contribution in [1.82, 2.24) is 9.47 Å². The molecule has 3 aliphatic rings. The third kappa shape index (κ3) is 10.4. The summed E-state index contributed by atoms with van der Waals surface area (Å²) in [6.07, 6.45) is 16.4. The second kappa shape index (κ2) is 21.0. The van der Waals surface area contributed by atoms with Crippen LogP contribution in [0.25, 0.3) is 22.6 Å². The van der Waals surface area contributed by atoms with Crippen LogP contribution < -0.4 is 19.7 Å². The molecule has 8 rings (SSSR count). The van der Waals surface area contributed by atoms with Gasteiger partial charge in [0.25, 0.3) is 11.5 Å². The van der Waals surface area contributed by atoms with Crippen LogP contribution >= 0.6 is 35.3 Å². The standard InChI is InChI=1S/C52H53N3O6S3/c56-46(57)23-14-6-4-2-1-3-5-7-15-30-53-50(61)48(64-52(53)62)51-54(34-47(58)59)49(60)45(63-51)33-36-26-29-44-42(32-36)40-21-16-22-43(40)55(44)39-27-24-35(25-28-39)31-41(37-17-10-8-11-18-37)38-19-12-9-13-20-38/h8-13,17-20,24-29,31-33,40,43H,1-7,14-16,21-23,30,34H2,(H,56,57)(H,58,59)/b45-33+,51-48+/t40-,43+/m1/s1. The lowest BCUT2D eigenvalue weighted by molar-refractivity contribution is -0.138. The highest BCUT2D eigenvalue weighted by Gasteiger charge is 2.42. The van der Waals surface area contributed by atoms with E-state index in [-0.39, 0.29) is 12.3 Å². The Kier molecular flexibility index (Phi) is 14.7. The van der Waals surface area contributed by atoms with E-state index in [2.05, 4.69) is 95.9 Å². The van der Waals surface area contributed by atoms with Gasteiger partial charge in [-0.25, -0.2) is 0 Å². The number of carboxylic acid groups (broad SMARTS) is 2. The van der Waals surface area contributed by atoms with Crippen molar-refractivity contribution in [3.05, 3.63) is 150 Å². The SMILES string of the molecule is O=C(O)CCCCCCCCCCCN1C(=O)/C(=c2\s/c(=C/c3ccc4c(c3)[C@H]3CCC[C@@H]3N4c3ccc(C=C(c4ccccc4)c4ccccc4)cc3)c(=O)n2CC(=O)O)SC1=S. The Morgan fingerprint density at radius 3 is 2.00 bits per heavy atom. The summed E-state index contributed by atoms with van der Waals surface area (Å²) >= 11 is 7.93. The number of carbonyl (C=O) groups is 3. The Hall–Kier alpha value is -5.56. The zero-order chi connectivity index (χ0) is 44.6. The first kappa shape index (κ1) is 45.0. The molecule has 2 atom stereocenters. The number of unbranched alkanes of at least 4 members (excludes halogenated alkanes) is 8. The van der Waals surface area contributed by atoms with E-state index in [4.69, 9.17) is 17.3 Å². The topological polar surface area (TPSA) is 120 Å². The predicted molar refractivity (Wildman–Crippen MR) is 263 cm³/mol. The molecule has 0 spiro atoms. The van der Waals surface area contributed by atoms with E-state index in [1.54, 1.807) is 4.90 Å². The van der Waals surface area contributed by atoms with E-state index in [0.717, 1.165) is 128 Å². The van der Waals surface area contributed by atoms with Gasteiger partial charge in [0.2, 0.25) is 0 Å². The fourth-order valence-electron chi connectivity index (χ4n) is 9.39. The number of carbonyl (C=O) groups excluding carboxylic acids is 1. The number of hydrogen-bond acceptors (Lipinski definition) is 8. The van der Waals surface area contributed by atoms with Crippen LogP contribution in [0.15, 0.2) is 108 Å². The third-order valence-electron chi connectivity index (χ3n) is 12.5. The lowest BCUT2D eigenvalue weighted by atomic mass is 9.95. The van der Waals surface area contributed by atoms with Gasteiger partial charge in [-0.05, 0) is 95.5 Å². The van der Waals surface area contributed by atoms with Crippen molar-refractivity contribution in [1.29, 1.82) is 0 Å². The van der Waals surface area contributed by atoms with Crippen LogP contribution in [-0.2, 0) is 20.9 Å². The summed E-state index contributed by atoms with van der Waals surface area (Å²) in [5.74, 6) is -1.84. The highest BCUT2D eigenvalue weighted by Crippen LogP contribution is 2.52. The van der Waals surface area contributed by atoms with Gasteiger partial charge in [0.05, 0.1) is 4.53 Å². The molecule has 0 radical (unpaired) electrons. The smallest absolute Gasteiger partial charge is 0.323 e. The number of fused-ring (bicyclic) bond motifs is 3. The van der Waals surface area contributed by atoms with E-state index >= 15 is 0 Å². The van der Waals surface area contributed by atoms with Crippen LogP contribution in [0.5, 0.6) is 0 Å². The fraction of sp³-hybridized carbons (Fsp3) is 0.327. The summed E-state index contributed by atoms with van der Waals surface area (Å²) in [4.78, 5) is 54.8. The molecular formula is C52H53N3O6S3. The number of hydrogen-bond donors (Lipinski definition) is 2. The lowest BCUT2D eigenvalue weighted by Gasteiger charge is -2.27. The molecule has 1 saturated carbocycles. The zero-order valence-electron chi connectivity index (χ0n) is 35.8. The van der Waals surface area contributed by atoms with Gasteiger partial charge < -0.3 is 15.1 Å². The van der Waals surface area contributed by atoms with Gasteiger partial charge in [0, 0.05) is 36.3 Å². The van der Waals surface area contributed by atoms with Crippen LogP contribution in [0.2, 0.25) is 0 Å². The van der Waals surface area contributed by atoms with Crippen molar-refractivity contribution in [2.75, 3.05) is 11.4 Å². The molecule has 1 aliphatic carbocycles. The first-order chi connectivity index (χ1) is 31.2. The maximum absolute atomic E-state index is 13.9. The van der Waals surface area contributed by atoms with E-state index in [0.29, 0.717) is 36.9 Å². The average molecular weight is 912 g/mol. The summed E-state index contributed by atoms with van der Waals surface area (Å²) in [5, 5.41) is 18.6. The van der Waals surface area contributed by atoms with Crippen LogP contribution in [0, 0.1) is 0 Å². The maximum atomic E-state index is 13.9. The number of thiocarbonyl (C=S) groups is 1. The molecule has 2 aliphatic heterocycles. The molecule has 9 nitrogen and oxygen atoms in total.